The Balaban J connectivity index is 1.16. The molecule has 1 saturated heterocycles. The van der Waals surface area contributed by atoms with Crippen molar-refractivity contribution in [3.63, 3.8) is 0 Å². The van der Waals surface area contributed by atoms with Crippen LogP contribution in [0.3, 0.4) is 0 Å². The molecule has 0 aliphatic carbocycles. The number of nitrogens with zero attached hydrogens (tertiary/aromatic N) is 4. The van der Waals surface area contributed by atoms with Gasteiger partial charge in [-0.25, -0.2) is 4.98 Å². The van der Waals surface area contributed by atoms with E-state index in [4.69, 9.17) is 0 Å². The topological polar surface area (TPSA) is 40.9 Å². The Bertz CT molecular complexity index is 1490. The number of imidazole rings is 1. The van der Waals surface area contributed by atoms with Crippen molar-refractivity contribution in [2.75, 3.05) is 36.0 Å². The fourth-order valence-electron chi connectivity index (χ4n) is 4.79. The molecule has 3 heterocycles. The largest absolute Gasteiger partial charge is 0.368 e. The lowest BCUT2D eigenvalue weighted by Crippen LogP contribution is -2.46. The summed E-state index contributed by atoms with van der Waals surface area (Å²) in [5.74, 6) is 0.0571. The first-order valence-corrected chi connectivity index (χ1v) is 14.9. The van der Waals surface area contributed by atoms with Gasteiger partial charge in [-0.05, 0) is 62.2 Å². The van der Waals surface area contributed by atoms with E-state index in [-0.39, 0.29) is 5.78 Å². The molecular weight excluding hydrogens is 543 g/mol. The van der Waals surface area contributed by atoms with Crippen molar-refractivity contribution in [1.82, 2.24) is 9.38 Å². The van der Waals surface area contributed by atoms with Crippen molar-refractivity contribution in [3.8, 4) is 0 Å². The van der Waals surface area contributed by atoms with Crippen molar-refractivity contribution in [3.05, 3.63) is 76.6 Å². The molecule has 38 heavy (non-hydrogen) atoms. The molecule has 0 N–H and O–H groups in total. The number of carbonyl (C=O) groups is 1. The number of thiazole rings is 1. The standard InChI is InChI=1S/C26H27F5N4OS2/c1-18-17-35-25(19(2)32-26(35)37-18)24(36)12-5-20-3-6-21(7-4-20)33-13-15-34(16-14-33)22-8-10-23(11-9-22)38(27,28,29,30)31/h3-4,6-11,17H,5,12-16H2,1-2H3. The monoisotopic (exact) mass is 570 g/mol. The second kappa shape index (κ2) is 8.70. The van der Waals surface area contributed by atoms with Crippen LogP contribution in [0.25, 0.3) is 4.96 Å². The van der Waals surface area contributed by atoms with Crippen molar-refractivity contribution < 1.29 is 24.2 Å². The van der Waals surface area contributed by atoms with Gasteiger partial charge in [-0.2, -0.15) is 0 Å². The Morgan fingerprint density at radius 3 is 1.92 bits per heavy atom. The van der Waals surface area contributed by atoms with Gasteiger partial charge in [0, 0.05) is 55.0 Å². The highest BCUT2D eigenvalue weighted by atomic mass is 32.5. The molecule has 0 radical (unpaired) electrons. The van der Waals surface area contributed by atoms with E-state index in [0.717, 1.165) is 38.9 Å². The van der Waals surface area contributed by atoms with Crippen LogP contribution in [0.1, 0.15) is 33.0 Å². The average Bonchev–Trinajstić information content (AvgIpc) is 3.35. The van der Waals surface area contributed by atoms with Crippen LogP contribution in [0.5, 0.6) is 0 Å². The molecule has 5 rings (SSSR count). The minimum Gasteiger partial charge on any atom is -0.368 e. The quantitative estimate of drug-likeness (QED) is 0.168. The summed E-state index contributed by atoms with van der Waals surface area (Å²) in [6.07, 6.45) is 2.93. The van der Waals surface area contributed by atoms with Gasteiger partial charge < -0.3 is 9.80 Å². The van der Waals surface area contributed by atoms with Gasteiger partial charge in [0.25, 0.3) is 0 Å². The second-order valence-electron chi connectivity index (χ2n) is 9.57. The van der Waals surface area contributed by atoms with E-state index in [9.17, 15) is 24.2 Å². The molecule has 0 unspecified atom stereocenters. The summed E-state index contributed by atoms with van der Waals surface area (Å²) < 4.78 is 66.7. The van der Waals surface area contributed by atoms with E-state index in [2.05, 4.69) is 9.88 Å². The number of carbonyl (C=O) groups excluding carboxylic acids is 1. The number of aryl methyl sites for hydroxylation is 3. The lowest BCUT2D eigenvalue weighted by Gasteiger charge is -2.41. The third-order valence-corrected chi connectivity index (χ3v) is 8.81. The summed E-state index contributed by atoms with van der Waals surface area (Å²) in [5, 5.41) is 0. The Morgan fingerprint density at radius 1 is 0.868 bits per heavy atom. The van der Waals surface area contributed by atoms with Gasteiger partial charge in [0.2, 0.25) is 0 Å². The van der Waals surface area contributed by atoms with Crippen LogP contribution in [0.4, 0.5) is 30.8 Å². The van der Waals surface area contributed by atoms with Crippen molar-refractivity contribution in [2.24, 2.45) is 0 Å². The minimum atomic E-state index is -9.66. The zero-order chi connectivity index (χ0) is 27.4. The number of hydrogen-bond acceptors (Lipinski definition) is 5. The summed E-state index contributed by atoms with van der Waals surface area (Å²) >= 11 is 1.56. The Labute approximate surface area is 221 Å². The lowest BCUT2D eigenvalue weighted by atomic mass is 10.0. The Morgan fingerprint density at radius 2 is 1.39 bits per heavy atom. The van der Waals surface area contributed by atoms with E-state index in [0.29, 0.717) is 62.5 Å². The van der Waals surface area contributed by atoms with E-state index < -0.39 is 15.1 Å². The van der Waals surface area contributed by atoms with Gasteiger partial charge in [0.05, 0.1) is 5.69 Å². The molecule has 1 fully saturated rings. The highest BCUT2D eigenvalue weighted by Crippen LogP contribution is 3.02. The summed E-state index contributed by atoms with van der Waals surface area (Å²) in [7, 11) is -9.66. The van der Waals surface area contributed by atoms with Gasteiger partial charge in [-0.15, -0.1) is 11.3 Å². The number of anilines is 2. The van der Waals surface area contributed by atoms with E-state index >= 15 is 0 Å². The van der Waals surface area contributed by atoms with Crippen LogP contribution in [-0.2, 0) is 6.42 Å². The smallest absolute Gasteiger partial charge is 0.310 e. The molecule has 0 atom stereocenters. The zero-order valence-electron chi connectivity index (χ0n) is 20.8. The fourth-order valence-corrected chi connectivity index (χ4v) is 6.31. The number of ketones is 1. The molecule has 1 aliphatic heterocycles. The van der Waals surface area contributed by atoms with Crippen LogP contribution < -0.4 is 9.80 Å². The molecule has 0 saturated carbocycles. The van der Waals surface area contributed by atoms with Crippen LogP contribution in [0, 0.1) is 13.8 Å². The molecule has 4 aromatic rings. The number of benzene rings is 2. The lowest BCUT2D eigenvalue weighted by molar-refractivity contribution is 0.0976. The van der Waals surface area contributed by atoms with Crippen molar-refractivity contribution >= 4 is 43.7 Å². The van der Waals surface area contributed by atoms with Crippen LogP contribution in [0.2, 0.25) is 0 Å². The molecule has 1 aliphatic rings. The van der Waals surface area contributed by atoms with E-state index in [1.54, 1.807) is 11.3 Å². The van der Waals surface area contributed by atoms with Gasteiger partial charge in [0.15, 0.2) is 10.7 Å². The van der Waals surface area contributed by atoms with E-state index in [1.807, 2.05) is 53.6 Å². The number of Topliss-reactive ketones (excluding diaryl/α,β-unsaturated/α-hetero) is 1. The predicted molar refractivity (Wildman–Crippen MR) is 144 cm³/mol. The summed E-state index contributed by atoms with van der Waals surface area (Å²) in [6, 6.07) is 11.1. The molecule has 2 aromatic heterocycles. The molecular formula is C26H27F5N4OS2. The molecule has 0 spiro atoms. The maximum atomic E-state index is 13.0. The predicted octanol–water partition coefficient (Wildman–Crippen LogP) is 7.81. The number of rotatable bonds is 7. The molecule has 2 aromatic carbocycles. The molecule has 0 amide bonds. The molecule has 204 valence electrons. The maximum absolute atomic E-state index is 13.0. The Hall–Kier alpha value is -3.12. The number of aromatic nitrogens is 2. The van der Waals surface area contributed by atoms with Crippen molar-refractivity contribution in [2.45, 2.75) is 31.6 Å². The van der Waals surface area contributed by atoms with Gasteiger partial charge in [-0.3, -0.25) is 9.20 Å². The molecule has 12 heteroatoms. The third-order valence-electron chi connectivity index (χ3n) is 6.75. The summed E-state index contributed by atoms with van der Waals surface area (Å²) in [5.41, 5.74) is 3.93. The summed E-state index contributed by atoms with van der Waals surface area (Å²) in [6.45, 7) is 6.22. The van der Waals surface area contributed by atoms with Gasteiger partial charge >= 0.3 is 10.2 Å². The normalized spacial score (nSPS) is 16.5. The van der Waals surface area contributed by atoms with Gasteiger partial charge in [0.1, 0.15) is 10.6 Å². The zero-order valence-corrected chi connectivity index (χ0v) is 22.5. The highest BCUT2D eigenvalue weighted by molar-refractivity contribution is 8.45. The number of piperazine rings is 1. The number of halogens is 5. The van der Waals surface area contributed by atoms with Crippen LogP contribution in [-0.4, -0.2) is 41.3 Å². The first-order chi connectivity index (χ1) is 17.7. The van der Waals surface area contributed by atoms with Crippen LogP contribution >= 0.6 is 21.6 Å². The average molecular weight is 571 g/mol. The maximum Gasteiger partial charge on any atom is 0.310 e. The fraction of sp³-hybridized carbons (Fsp3) is 0.308. The first kappa shape index (κ1) is 26.5. The van der Waals surface area contributed by atoms with Gasteiger partial charge in [-0.1, -0.05) is 31.6 Å². The number of hydrogen-bond donors (Lipinski definition) is 0. The van der Waals surface area contributed by atoms with Crippen LogP contribution in [0.15, 0.2) is 59.6 Å². The third kappa shape index (κ3) is 5.51. The van der Waals surface area contributed by atoms with E-state index in [1.165, 1.54) is 0 Å². The summed E-state index contributed by atoms with van der Waals surface area (Å²) in [4.78, 5) is 21.5. The minimum absolute atomic E-state index is 0.0571. The number of fused-ring (bicyclic) bond motifs is 1. The van der Waals surface area contributed by atoms with Crippen molar-refractivity contribution in [1.29, 1.82) is 0 Å². The highest BCUT2D eigenvalue weighted by Gasteiger charge is 2.65. The molecule has 5 nitrogen and oxygen atoms in total. The second-order valence-corrected chi connectivity index (χ2v) is 13.2. The first-order valence-electron chi connectivity index (χ1n) is 12.1. The SMILES string of the molecule is Cc1cn2c(C(=O)CCc3ccc(N4CCN(c5ccc(S(F)(F)(F)(F)F)cc5)CC4)cc3)c(C)nc2s1. The Kier molecular flexibility index (Phi) is 6.06. The molecule has 0 bridgehead atoms.